The zero-order chi connectivity index (χ0) is 13.0. The highest BCUT2D eigenvalue weighted by Gasteiger charge is 2.50. The molecule has 19 heavy (non-hydrogen) atoms. The van der Waals surface area contributed by atoms with E-state index < -0.39 is 5.41 Å². The lowest BCUT2D eigenvalue weighted by Crippen LogP contribution is -2.35. The van der Waals surface area contributed by atoms with E-state index in [1.807, 2.05) is 36.4 Å². The van der Waals surface area contributed by atoms with Crippen molar-refractivity contribution in [3.05, 3.63) is 59.2 Å². The number of carbonyl (C=O) groups is 1. The second-order valence-electron chi connectivity index (χ2n) is 5.46. The van der Waals surface area contributed by atoms with Crippen molar-refractivity contribution in [1.29, 1.82) is 0 Å². The van der Waals surface area contributed by atoms with Crippen molar-refractivity contribution in [1.82, 2.24) is 0 Å². The minimum atomic E-state index is -0.424. The van der Waals surface area contributed by atoms with Crippen molar-refractivity contribution < 1.29 is 4.79 Å². The van der Waals surface area contributed by atoms with Gasteiger partial charge >= 0.3 is 0 Å². The molecule has 0 bridgehead atoms. The molecule has 1 atom stereocenters. The number of hydrogen-bond donors (Lipinski definition) is 1. The standard InChI is InChI=1S/C16H12BNO/c17-12-6-5-10-8-16(9-11(10)7-12)13-3-1-2-4-14(13)18-15(16)19/h1-7H,8-9H2,(H,18,19). The fourth-order valence-corrected chi connectivity index (χ4v) is 3.42. The average molecular weight is 245 g/mol. The van der Waals surface area contributed by atoms with E-state index >= 15 is 0 Å². The first-order chi connectivity index (χ1) is 9.19. The van der Waals surface area contributed by atoms with Crippen LogP contribution < -0.4 is 10.8 Å². The minimum absolute atomic E-state index is 0.114. The van der Waals surface area contributed by atoms with Crippen molar-refractivity contribution in [2.45, 2.75) is 18.3 Å². The molecule has 1 heterocycles. The average Bonchev–Trinajstić information content (AvgIpc) is 2.90. The zero-order valence-electron chi connectivity index (χ0n) is 10.4. The Labute approximate surface area is 113 Å². The molecular formula is C16H12BNO. The van der Waals surface area contributed by atoms with E-state index in [4.69, 9.17) is 7.85 Å². The molecule has 0 fully saturated rings. The lowest BCUT2D eigenvalue weighted by atomic mass is 9.79. The summed E-state index contributed by atoms with van der Waals surface area (Å²) in [6, 6.07) is 13.9. The van der Waals surface area contributed by atoms with E-state index in [0.29, 0.717) is 0 Å². The third-order valence-electron chi connectivity index (χ3n) is 4.34. The van der Waals surface area contributed by atoms with E-state index in [-0.39, 0.29) is 5.91 Å². The van der Waals surface area contributed by atoms with Gasteiger partial charge in [-0.1, -0.05) is 41.9 Å². The summed E-state index contributed by atoms with van der Waals surface area (Å²) in [6.07, 6.45) is 1.52. The molecule has 1 aliphatic carbocycles. The number of rotatable bonds is 0. The van der Waals surface area contributed by atoms with E-state index in [2.05, 4.69) is 11.4 Å². The monoisotopic (exact) mass is 245 g/mol. The van der Waals surface area contributed by atoms with E-state index in [9.17, 15) is 4.79 Å². The van der Waals surface area contributed by atoms with Crippen LogP contribution in [0.5, 0.6) is 0 Å². The van der Waals surface area contributed by atoms with E-state index in [1.54, 1.807) is 0 Å². The maximum Gasteiger partial charge on any atom is 0.235 e. The number of anilines is 1. The van der Waals surface area contributed by atoms with Gasteiger partial charge in [-0.2, -0.15) is 0 Å². The van der Waals surface area contributed by atoms with Gasteiger partial charge in [-0.15, -0.1) is 0 Å². The highest BCUT2D eigenvalue weighted by atomic mass is 16.2. The molecule has 3 heteroatoms. The number of benzene rings is 2. The molecule has 2 nitrogen and oxygen atoms in total. The smallest absolute Gasteiger partial charge is 0.235 e. The van der Waals surface area contributed by atoms with Gasteiger partial charge in [0, 0.05) is 5.69 Å². The molecule has 2 radical (unpaired) electrons. The van der Waals surface area contributed by atoms with E-state index in [1.165, 1.54) is 11.1 Å². The number of nitrogens with one attached hydrogen (secondary N) is 1. The molecule has 0 saturated heterocycles. The summed E-state index contributed by atoms with van der Waals surface area (Å²) < 4.78 is 0. The van der Waals surface area contributed by atoms with Gasteiger partial charge in [0.1, 0.15) is 7.85 Å². The molecule has 1 spiro atoms. The molecule has 1 N–H and O–H groups in total. The molecule has 2 aromatic carbocycles. The van der Waals surface area contributed by atoms with Gasteiger partial charge in [-0.25, -0.2) is 0 Å². The first-order valence-electron chi connectivity index (χ1n) is 6.47. The summed E-state index contributed by atoms with van der Waals surface area (Å²) in [5.41, 5.74) is 4.85. The van der Waals surface area contributed by atoms with Crippen LogP contribution in [-0.2, 0) is 23.1 Å². The molecule has 4 rings (SSSR count). The predicted molar refractivity (Wildman–Crippen MR) is 76.0 cm³/mol. The maximum atomic E-state index is 12.5. The quantitative estimate of drug-likeness (QED) is 0.699. The molecule has 90 valence electrons. The second-order valence-corrected chi connectivity index (χ2v) is 5.46. The number of amides is 1. The largest absolute Gasteiger partial charge is 0.325 e. The first kappa shape index (κ1) is 10.9. The van der Waals surface area contributed by atoms with Gasteiger partial charge in [0.15, 0.2) is 0 Å². The summed E-state index contributed by atoms with van der Waals surface area (Å²) in [7, 11) is 5.85. The Hall–Kier alpha value is -2.03. The second kappa shape index (κ2) is 3.50. The fraction of sp³-hybridized carbons (Fsp3) is 0.188. The van der Waals surface area contributed by atoms with Gasteiger partial charge in [0.05, 0.1) is 5.41 Å². The Bertz CT molecular complexity index is 710. The Kier molecular flexibility index (Phi) is 2.00. The van der Waals surface area contributed by atoms with Gasteiger partial charge < -0.3 is 5.32 Å². The maximum absolute atomic E-state index is 12.5. The number of fused-ring (bicyclic) bond motifs is 3. The summed E-state index contributed by atoms with van der Waals surface area (Å²) >= 11 is 0. The highest BCUT2D eigenvalue weighted by molar-refractivity contribution is 6.32. The molecule has 2 aromatic rings. The van der Waals surface area contributed by atoms with Crippen LogP contribution in [0.25, 0.3) is 0 Å². The summed E-state index contributed by atoms with van der Waals surface area (Å²) in [5, 5.41) is 3.01. The molecule has 1 aliphatic heterocycles. The highest BCUT2D eigenvalue weighted by Crippen LogP contribution is 2.46. The van der Waals surface area contributed by atoms with E-state index in [0.717, 1.165) is 29.6 Å². The lowest BCUT2D eigenvalue weighted by Gasteiger charge is -2.20. The van der Waals surface area contributed by atoms with Gasteiger partial charge in [0.25, 0.3) is 0 Å². The SMILES string of the molecule is [B]c1ccc2c(c1)CC1(C2)C(=O)Nc2ccccc21. The van der Waals surface area contributed by atoms with Crippen LogP contribution >= 0.6 is 0 Å². The summed E-state index contributed by atoms with van der Waals surface area (Å²) in [5.74, 6) is 0.114. The molecule has 0 aromatic heterocycles. The van der Waals surface area contributed by atoms with Crippen LogP contribution in [0.2, 0.25) is 0 Å². The van der Waals surface area contributed by atoms with Crippen molar-refractivity contribution in [3.63, 3.8) is 0 Å². The molecule has 0 saturated carbocycles. The van der Waals surface area contributed by atoms with Crippen LogP contribution in [0.3, 0.4) is 0 Å². The van der Waals surface area contributed by atoms with Crippen LogP contribution in [0.4, 0.5) is 5.69 Å². The molecule has 1 amide bonds. The Morgan fingerprint density at radius 3 is 2.74 bits per heavy atom. The molecule has 1 unspecified atom stereocenters. The van der Waals surface area contributed by atoms with Gasteiger partial charge in [-0.05, 0) is 35.6 Å². The number of hydrogen-bond acceptors (Lipinski definition) is 1. The van der Waals surface area contributed by atoms with Crippen LogP contribution in [0, 0.1) is 0 Å². The first-order valence-corrected chi connectivity index (χ1v) is 6.47. The van der Waals surface area contributed by atoms with Crippen molar-refractivity contribution in [2.24, 2.45) is 0 Å². The number of para-hydroxylation sites is 1. The van der Waals surface area contributed by atoms with Gasteiger partial charge in [-0.3, -0.25) is 4.79 Å². The lowest BCUT2D eigenvalue weighted by molar-refractivity contribution is -0.120. The van der Waals surface area contributed by atoms with Crippen LogP contribution in [-0.4, -0.2) is 13.8 Å². The summed E-state index contributed by atoms with van der Waals surface area (Å²) in [6.45, 7) is 0. The minimum Gasteiger partial charge on any atom is -0.325 e. The van der Waals surface area contributed by atoms with Crippen molar-refractivity contribution in [2.75, 3.05) is 5.32 Å². The third-order valence-corrected chi connectivity index (χ3v) is 4.34. The predicted octanol–water partition coefficient (Wildman–Crippen LogP) is 1.47. The van der Waals surface area contributed by atoms with Crippen molar-refractivity contribution >= 4 is 24.9 Å². The van der Waals surface area contributed by atoms with Gasteiger partial charge in [0.2, 0.25) is 5.91 Å². The Morgan fingerprint density at radius 2 is 1.84 bits per heavy atom. The zero-order valence-corrected chi connectivity index (χ0v) is 10.4. The topological polar surface area (TPSA) is 29.1 Å². The van der Waals surface area contributed by atoms with Crippen LogP contribution in [0.15, 0.2) is 42.5 Å². The third kappa shape index (κ3) is 1.36. The number of carbonyl (C=O) groups excluding carboxylic acids is 1. The Balaban J connectivity index is 1.88. The Morgan fingerprint density at radius 1 is 1.05 bits per heavy atom. The molecular weight excluding hydrogens is 233 g/mol. The summed E-state index contributed by atoms with van der Waals surface area (Å²) in [4.78, 5) is 12.5. The normalized spacial score (nSPS) is 23.3. The fourth-order valence-electron chi connectivity index (χ4n) is 3.42. The molecule has 2 aliphatic rings. The van der Waals surface area contributed by atoms with Crippen LogP contribution in [0.1, 0.15) is 16.7 Å². The van der Waals surface area contributed by atoms with Crippen molar-refractivity contribution in [3.8, 4) is 0 Å².